The SMILES string of the molecule is Cc1nn(-c2ncccn2)cc1C(=O)N1CC2C(Oc3cc(C(C)(C)N)cc(N4CCC(C(F)(F)F)CC4C)n3)[C@@H]2C1. The predicted molar refractivity (Wildman–Crippen MR) is 148 cm³/mol. The third-order valence-corrected chi connectivity index (χ3v) is 8.71. The highest BCUT2D eigenvalue weighted by Gasteiger charge is 2.59. The molecule has 5 atom stereocenters. The molecule has 1 aliphatic carbocycles. The normalized spacial score (nSPS) is 25.9. The average molecular weight is 585 g/mol. The van der Waals surface area contributed by atoms with E-state index in [1.54, 1.807) is 38.5 Å². The van der Waals surface area contributed by atoms with Crippen LogP contribution in [0.25, 0.3) is 5.95 Å². The number of fused-ring (bicyclic) bond motifs is 1. The number of anilines is 1. The predicted octanol–water partition coefficient (Wildman–Crippen LogP) is 3.88. The number of hydrogen-bond acceptors (Lipinski definition) is 8. The minimum atomic E-state index is -4.20. The van der Waals surface area contributed by atoms with Gasteiger partial charge in [0.1, 0.15) is 11.9 Å². The van der Waals surface area contributed by atoms with Gasteiger partial charge in [-0.2, -0.15) is 23.3 Å². The van der Waals surface area contributed by atoms with Crippen LogP contribution in [0.5, 0.6) is 5.88 Å². The third-order valence-electron chi connectivity index (χ3n) is 8.71. The molecule has 13 heteroatoms. The maximum absolute atomic E-state index is 13.4. The Hall–Kier alpha value is -3.74. The highest BCUT2D eigenvalue weighted by molar-refractivity contribution is 5.95. The summed E-state index contributed by atoms with van der Waals surface area (Å²) < 4.78 is 47.9. The number of aromatic nitrogens is 5. The van der Waals surface area contributed by atoms with Crippen LogP contribution < -0.4 is 15.4 Å². The van der Waals surface area contributed by atoms with E-state index < -0.39 is 17.6 Å². The lowest BCUT2D eigenvalue weighted by molar-refractivity contribution is -0.181. The summed E-state index contributed by atoms with van der Waals surface area (Å²) in [5, 5.41) is 4.41. The van der Waals surface area contributed by atoms with E-state index in [1.165, 1.54) is 4.68 Å². The van der Waals surface area contributed by atoms with Crippen molar-refractivity contribution in [1.29, 1.82) is 0 Å². The molecule has 3 aromatic rings. The van der Waals surface area contributed by atoms with Crippen LogP contribution in [0.4, 0.5) is 19.0 Å². The molecule has 10 nitrogen and oxygen atoms in total. The van der Waals surface area contributed by atoms with Gasteiger partial charge in [0.25, 0.3) is 5.91 Å². The molecular formula is C29H35F3N8O2. The number of likely N-dealkylation sites (tertiary alicyclic amines) is 1. The Kier molecular flexibility index (Phi) is 6.90. The van der Waals surface area contributed by atoms with E-state index in [-0.39, 0.29) is 49.3 Å². The molecule has 0 aromatic carbocycles. The summed E-state index contributed by atoms with van der Waals surface area (Å²) in [6.45, 7) is 8.70. The molecule has 2 N–H and O–H groups in total. The van der Waals surface area contributed by atoms with Gasteiger partial charge in [-0.25, -0.2) is 14.6 Å². The average Bonchev–Trinajstić information content (AvgIpc) is 3.25. The summed E-state index contributed by atoms with van der Waals surface area (Å²) in [6, 6.07) is 5.05. The van der Waals surface area contributed by atoms with Gasteiger partial charge in [-0.05, 0) is 58.2 Å². The zero-order valence-corrected chi connectivity index (χ0v) is 24.0. The number of halogens is 3. The second-order valence-electron chi connectivity index (χ2n) is 12.3. The fourth-order valence-electron chi connectivity index (χ4n) is 6.18. The quantitative estimate of drug-likeness (QED) is 0.464. The third kappa shape index (κ3) is 5.41. The molecule has 42 heavy (non-hydrogen) atoms. The standard InChI is InChI=1S/C29H35F3N8O2/c1-16-10-18(29(30,31)32)6-9-39(16)23-11-19(28(3,4)33)12-24(36-23)42-25-21-13-38(14-22(21)25)26(41)20-15-40(37-17(20)2)27-34-7-5-8-35-27/h5,7-8,11-12,15-16,18,21-22,25H,6,9-10,13-14,33H2,1-4H3/t16?,18?,21-,22?,25?/m1/s1. The van der Waals surface area contributed by atoms with Crippen LogP contribution in [0.1, 0.15) is 55.2 Å². The van der Waals surface area contributed by atoms with E-state index in [9.17, 15) is 18.0 Å². The molecule has 0 bridgehead atoms. The van der Waals surface area contributed by atoms with Gasteiger partial charge in [0, 0.05) is 67.7 Å². The summed E-state index contributed by atoms with van der Waals surface area (Å²) in [5.41, 5.74) is 7.64. The highest BCUT2D eigenvalue weighted by Crippen LogP contribution is 2.48. The van der Waals surface area contributed by atoms with Crippen LogP contribution in [0.15, 0.2) is 36.8 Å². The van der Waals surface area contributed by atoms with Crippen LogP contribution in [-0.4, -0.2) is 73.5 Å². The molecule has 3 fully saturated rings. The van der Waals surface area contributed by atoms with E-state index >= 15 is 0 Å². The summed E-state index contributed by atoms with van der Waals surface area (Å²) in [6.07, 6.45) is 0.647. The lowest BCUT2D eigenvalue weighted by atomic mass is 9.90. The van der Waals surface area contributed by atoms with Crippen molar-refractivity contribution in [3.8, 4) is 11.8 Å². The van der Waals surface area contributed by atoms with E-state index in [0.717, 1.165) is 5.56 Å². The first-order valence-electron chi connectivity index (χ1n) is 14.2. The molecule has 5 heterocycles. The zero-order chi connectivity index (χ0) is 30.0. The maximum Gasteiger partial charge on any atom is 0.391 e. The number of alkyl halides is 3. The van der Waals surface area contributed by atoms with Crippen LogP contribution in [0, 0.1) is 24.7 Å². The van der Waals surface area contributed by atoms with Crippen molar-refractivity contribution in [3.05, 3.63) is 53.6 Å². The van der Waals surface area contributed by atoms with Crippen molar-refractivity contribution < 1.29 is 22.7 Å². The molecule has 0 radical (unpaired) electrons. The molecule has 1 amide bonds. The monoisotopic (exact) mass is 584 g/mol. The molecule has 6 rings (SSSR count). The van der Waals surface area contributed by atoms with Gasteiger partial charge in [0.2, 0.25) is 11.8 Å². The van der Waals surface area contributed by atoms with Gasteiger partial charge in [0.05, 0.1) is 17.2 Å². The van der Waals surface area contributed by atoms with Crippen molar-refractivity contribution in [1.82, 2.24) is 29.6 Å². The van der Waals surface area contributed by atoms with E-state index in [2.05, 4.69) is 15.1 Å². The van der Waals surface area contributed by atoms with Gasteiger partial charge in [-0.15, -0.1) is 0 Å². The summed E-state index contributed by atoms with van der Waals surface area (Å²) in [4.78, 5) is 30.2. The Morgan fingerprint density at radius 2 is 1.81 bits per heavy atom. The number of ether oxygens (including phenoxy) is 1. The van der Waals surface area contributed by atoms with Crippen molar-refractivity contribution in [2.24, 2.45) is 23.5 Å². The van der Waals surface area contributed by atoms with E-state index in [1.807, 2.05) is 35.8 Å². The molecule has 3 aromatic heterocycles. The molecule has 4 unspecified atom stereocenters. The zero-order valence-electron chi connectivity index (χ0n) is 24.0. The number of aryl methyl sites for hydroxylation is 1. The second kappa shape index (κ2) is 10.2. The number of pyridine rings is 1. The number of carbonyl (C=O) groups is 1. The molecule has 0 spiro atoms. The Bertz CT molecular complexity index is 1460. The maximum atomic E-state index is 13.4. The number of carbonyl (C=O) groups excluding carboxylic acids is 1. The molecular weight excluding hydrogens is 549 g/mol. The minimum absolute atomic E-state index is 0.0189. The molecule has 224 valence electrons. The first-order chi connectivity index (χ1) is 19.8. The Morgan fingerprint density at radius 3 is 2.43 bits per heavy atom. The van der Waals surface area contributed by atoms with Crippen molar-refractivity contribution in [2.45, 2.75) is 64.4 Å². The van der Waals surface area contributed by atoms with Crippen LogP contribution in [0.2, 0.25) is 0 Å². The Morgan fingerprint density at radius 1 is 1.12 bits per heavy atom. The van der Waals surface area contributed by atoms with Gasteiger partial charge >= 0.3 is 6.18 Å². The Balaban J connectivity index is 1.13. The summed E-state index contributed by atoms with van der Waals surface area (Å²) in [7, 11) is 0. The molecule has 1 saturated carbocycles. The first-order valence-corrected chi connectivity index (χ1v) is 14.2. The smallest absolute Gasteiger partial charge is 0.391 e. The Labute approximate surface area is 242 Å². The topological polar surface area (TPSA) is 115 Å². The number of rotatable bonds is 6. The lowest BCUT2D eigenvalue weighted by Crippen LogP contribution is -2.45. The summed E-state index contributed by atoms with van der Waals surface area (Å²) in [5.74, 6) is 0.311. The lowest BCUT2D eigenvalue weighted by Gasteiger charge is -2.39. The van der Waals surface area contributed by atoms with Crippen molar-refractivity contribution in [2.75, 3.05) is 24.5 Å². The van der Waals surface area contributed by atoms with Gasteiger partial charge in [-0.3, -0.25) is 4.79 Å². The van der Waals surface area contributed by atoms with Crippen LogP contribution in [0.3, 0.4) is 0 Å². The number of piperidine rings is 2. The van der Waals surface area contributed by atoms with Gasteiger partial charge in [-0.1, -0.05) is 0 Å². The highest BCUT2D eigenvalue weighted by atomic mass is 19.4. The van der Waals surface area contributed by atoms with E-state index in [0.29, 0.717) is 42.0 Å². The van der Waals surface area contributed by atoms with Crippen LogP contribution >= 0.6 is 0 Å². The number of amides is 1. The van der Waals surface area contributed by atoms with Crippen molar-refractivity contribution in [3.63, 3.8) is 0 Å². The second-order valence-corrected chi connectivity index (χ2v) is 12.3. The molecule has 3 aliphatic rings. The first kappa shape index (κ1) is 28.4. The molecule has 2 saturated heterocycles. The van der Waals surface area contributed by atoms with Gasteiger partial charge < -0.3 is 20.3 Å². The fraction of sp³-hybridized carbons (Fsp3) is 0.552. The largest absolute Gasteiger partial charge is 0.474 e. The number of nitrogens with zero attached hydrogens (tertiary/aromatic N) is 7. The number of hydrogen-bond donors (Lipinski definition) is 1. The van der Waals surface area contributed by atoms with E-state index in [4.69, 9.17) is 15.5 Å². The fourth-order valence-corrected chi connectivity index (χ4v) is 6.18. The molecule has 2 aliphatic heterocycles. The van der Waals surface area contributed by atoms with Gasteiger partial charge in [0.15, 0.2) is 0 Å². The number of nitrogens with two attached hydrogens (primary N) is 1. The summed E-state index contributed by atoms with van der Waals surface area (Å²) >= 11 is 0. The van der Waals surface area contributed by atoms with Crippen LogP contribution in [-0.2, 0) is 5.54 Å². The minimum Gasteiger partial charge on any atom is -0.474 e. The van der Waals surface area contributed by atoms with Crippen molar-refractivity contribution >= 4 is 11.7 Å².